The molecule has 1 saturated carbocycles. The van der Waals surface area contributed by atoms with Crippen LogP contribution in [0.1, 0.15) is 44.6 Å². The van der Waals surface area contributed by atoms with E-state index in [2.05, 4.69) is 12.2 Å². The van der Waals surface area contributed by atoms with Crippen LogP contribution in [0.4, 0.5) is 4.39 Å². The molecule has 0 saturated heterocycles. The fourth-order valence-electron chi connectivity index (χ4n) is 3.18. The molecule has 1 aliphatic carbocycles. The summed E-state index contributed by atoms with van der Waals surface area (Å²) >= 11 is 6.18. The minimum atomic E-state index is -0.158. The third kappa shape index (κ3) is 3.70. The van der Waals surface area contributed by atoms with Gasteiger partial charge in [-0.25, -0.2) is 4.39 Å². The van der Waals surface area contributed by atoms with Crippen molar-refractivity contribution in [3.63, 3.8) is 0 Å². The summed E-state index contributed by atoms with van der Waals surface area (Å²) in [4.78, 5) is 0. The lowest BCUT2D eigenvalue weighted by Gasteiger charge is -2.38. The van der Waals surface area contributed by atoms with Gasteiger partial charge in [0, 0.05) is 17.1 Å². The average Bonchev–Trinajstić information content (AvgIpc) is 2.42. The molecule has 1 aromatic carbocycles. The predicted molar refractivity (Wildman–Crippen MR) is 79.2 cm³/mol. The van der Waals surface area contributed by atoms with Crippen LogP contribution in [0.5, 0.6) is 0 Å². The van der Waals surface area contributed by atoms with Gasteiger partial charge in [-0.2, -0.15) is 0 Å². The average molecular weight is 284 g/mol. The summed E-state index contributed by atoms with van der Waals surface area (Å²) in [5.74, 6) is -0.158. The number of rotatable bonds is 5. The van der Waals surface area contributed by atoms with E-state index in [0.717, 1.165) is 19.5 Å². The molecule has 3 heteroatoms. The first kappa shape index (κ1) is 14.8. The maximum Gasteiger partial charge on any atom is 0.127 e. The van der Waals surface area contributed by atoms with Crippen molar-refractivity contribution in [2.45, 2.75) is 45.4 Å². The lowest BCUT2D eigenvalue weighted by molar-refractivity contribution is 0.180. The summed E-state index contributed by atoms with van der Waals surface area (Å²) in [5.41, 5.74) is 0.879. The van der Waals surface area contributed by atoms with Crippen LogP contribution in [-0.2, 0) is 6.42 Å². The van der Waals surface area contributed by atoms with Gasteiger partial charge in [-0.15, -0.1) is 0 Å². The molecule has 1 fully saturated rings. The molecule has 1 aromatic rings. The van der Waals surface area contributed by atoms with Crippen molar-refractivity contribution in [3.8, 4) is 0 Å². The number of hydrogen-bond acceptors (Lipinski definition) is 1. The molecule has 19 heavy (non-hydrogen) atoms. The van der Waals surface area contributed by atoms with Crippen molar-refractivity contribution in [2.75, 3.05) is 13.1 Å². The van der Waals surface area contributed by atoms with E-state index in [9.17, 15) is 4.39 Å². The molecular formula is C16H23ClFN. The summed E-state index contributed by atoms with van der Waals surface area (Å²) in [6.07, 6.45) is 6.90. The Kier molecular flexibility index (Phi) is 5.23. The molecule has 1 aliphatic rings. The second-order valence-electron chi connectivity index (χ2n) is 5.72. The monoisotopic (exact) mass is 283 g/mol. The van der Waals surface area contributed by atoms with Gasteiger partial charge in [0.2, 0.25) is 0 Å². The maximum absolute atomic E-state index is 14.0. The van der Waals surface area contributed by atoms with Crippen LogP contribution in [-0.4, -0.2) is 13.1 Å². The topological polar surface area (TPSA) is 12.0 Å². The summed E-state index contributed by atoms with van der Waals surface area (Å²) in [5, 5.41) is 4.02. The molecule has 0 spiro atoms. The number of benzene rings is 1. The zero-order valence-corrected chi connectivity index (χ0v) is 12.4. The van der Waals surface area contributed by atoms with Crippen molar-refractivity contribution in [1.29, 1.82) is 0 Å². The van der Waals surface area contributed by atoms with E-state index in [-0.39, 0.29) is 11.2 Å². The van der Waals surface area contributed by atoms with Crippen LogP contribution in [0, 0.1) is 11.2 Å². The fourth-order valence-corrected chi connectivity index (χ4v) is 3.41. The third-order valence-electron chi connectivity index (χ3n) is 4.28. The molecule has 2 rings (SSSR count). The van der Waals surface area contributed by atoms with E-state index in [0.29, 0.717) is 10.6 Å². The Labute approximate surface area is 120 Å². The predicted octanol–water partition coefficient (Wildman–Crippen LogP) is 4.58. The van der Waals surface area contributed by atoms with Crippen molar-refractivity contribution >= 4 is 11.6 Å². The van der Waals surface area contributed by atoms with E-state index >= 15 is 0 Å². The van der Waals surface area contributed by atoms with Gasteiger partial charge in [0.25, 0.3) is 0 Å². The van der Waals surface area contributed by atoms with Gasteiger partial charge in [0.1, 0.15) is 5.82 Å². The molecule has 1 N–H and O–H groups in total. The summed E-state index contributed by atoms with van der Waals surface area (Å²) in [7, 11) is 0. The highest BCUT2D eigenvalue weighted by atomic mass is 35.5. The molecule has 0 radical (unpaired) electrons. The molecule has 0 amide bonds. The zero-order chi connectivity index (χ0) is 13.7. The Morgan fingerprint density at radius 1 is 1.26 bits per heavy atom. The van der Waals surface area contributed by atoms with Crippen LogP contribution in [0.25, 0.3) is 0 Å². The molecule has 0 aliphatic heterocycles. The minimum Gasteiger partial charge on any atom is -0.316 e. The van der Waals surface area contributed by atoms with Crippen LogP contribution in [0.2, 0.25) is 5.02 Å². The van der Waals surface area contributed by atoms with Crippen LogP contribution >= 0.6 is 11.6 Å². The smallest absolute Gasteiger partial charge is 0.127 e. The van der Waals surface area contributed by atoms with Crippen molar-refractivity contribution in [2.24, 2.45) is 5.41 Å². The quantitative estimate of drug-likeness (QED) is 0.834. The molecule has 0 heterocycles. The fraction of sp³-hybridized carbons (Fsp3) is 0.625. The molecule has 0 aromatic heterocycles. The highest BCUT2D eigenvalue weighted by molar-refractivity contribution is 6.31. The second-order valence-corrected chi connectivity index (χ2v) is 6.13. The van der Waals surface area contributed by atoms with Crippen LogP contribution < -0.4 is 5.32 Å². The Balaban J connectivity index is 2.19. The van der Waals surface area contributed by atoms with E-state index in [4.69, 9.17) is 11.6 Å². The zero-order valence-electron chi connectivity index (χ0n) is 11.6. The maximum atomic E-state index is 14.0. The summed E-state index contributed by atoms with van der Waals surface area (Å²) in [6, 6.07) is 4.99. The van der Waals surface area contributed by atoms with Crippen LogP contribution in [0.3, 0.4) is 0 Å². The van der Waals surface area contributed by atoms with E-state index in [1.54, 1.807) is 12.1 Å². The molecule has 0 bridgehead atoms. The van der Waals surface area contributed by atoms with Crippen molar-refractivity contribution < 1.29 is 4.39 Å². The third-order valence-corrected chi connectivity index (χ3v) is 4.63. The first-order valence-electron chi connectivity index (χ1n) is 7.30. The molecule has 0 unspecified atom stereocenters. The molecule has 1 nitrogen and oxygen atoms in total. The lowest BCUT2D eigenvalue weighted by atomic mass is 9.70. The molecule has 106 valence electrons. The van der Waals surface area contributed by atoms with Gasteiger partial charge >= 0.3 is 0 Å². The van der Waals surface area contributed by atoms with Crippen molar-refractivity contribution in [3.05, 3.63) is 34.6 Å². The van der Waals surface area contributed by atoms with Gasteiger partial charge in [-0.3, -0.25) is 0 Å². The second kappa shape index (κ2) is 6.71. The van der Waals surface area contributed by atoms with Crippen molar-refractivity contribution in [1.82, 2.24) is 5.32 Å². The summed E-state index contributed by atoms with van der Waals surface area (Å²) < 4.78 is 14.0. The standard InChI is InChI=1S/C16H23ClFN/c1-2-19-12-16(9-4-3-5-10-16)11-13-14(17)7-6-8-15(13)18/h6-8,19H,2-5,9-12H2,1H3. The lowest BCUT2D eigenvalue weighted by Crippen LogP contribution is -2.38. The van der Waals surface area contributed by atoms with Gasteiger partial charge in [0.15, 0.2) is 0 Å². The Hall–Kier alpha value is -0.600. The highest BCUT2D eigenvalue weighted by Gasteiger charge is 2.33. The number of halogens is 2. The summed E-state index contributed by atoms with van der Waals surface area (Å²) in [6.45, 7) is 4.05. The van der Waals surface area contributed by atoms with Crippen LogP contribution in [0.15, 0.2) is 18.2 Å². The minimum absolute atomic E-state index is 0.158. The van der Waals surface area contributed by atoms with Gasteiger partial charge in [-0.1, -0.05) is 43.9 Å². The van der Waals surface area contributed by atoms with E-state index in [1.165, 1.54) is 38.2 Å². The van der Waals surface area contributed by atoms with E-state index < -0.39 is 0 Å². The normalized spacial score (nSPS) is 18.5. The SMILES string of the molecule is CCNCC1(Cc2c(F)cccc2Cl)CCCCC1. The number of nitrogens with one attached hydrogen (secondary N) is 1. The first-order chi connectivity index (χ1) is 9.17. The van der Waals surface area contributed by atoms with Gasteiger partial charge in [0.05, 0.1) is 0 Å². The highest BCUT2D eigenvalue weighted by Crippen LogP contribution is 2.40. The largest absolute Gasteiger partial charge is 0.316 e. The first-order valence-corrected chi connectivity index (χ1v) is 7.68. The van der Waals surface area contributed by atoms with Gasteiger partial charge in [-0.05, 0) is 43.4 Å². The Morgan fingerprint density at radius 3 is 2.63 bits per heavy atom. The molecular weight excluding hydrogens is 261 g/mol. The van der Waals surface area contributed by atoms with Gasteiger partial charge < -0.3 is 5.32 Å². The van der Waals surface area contributed by atoms with E-state index in [1.807, 2.05) is 0 Å². The molecule has 0 atom stereocenters. The Bertz CT molecular complexity index is 393. The number of hydrogen-bond donors (Lipinski definition) is 1. The Morgan fingerprint density at radius 2 is 2.00 bits per heavy atom.